The number of rotatable bonds is 8. The highest BCUT2D eigenvalue weighted by Crippen LogP contribution is 2.07. The highest BCUT2D eigenvalue weighted by atomic mass is 16.2. The number of guanidine groups is 1. The second-order valence-corrected chi connectivity index (χ2v) is 7.36. The van der Waals surface area contributed by atoms with Crippen LogP contribution in [0.5, 0.6) is 0 Å². The second kappa shape index (κ2) is 10.8. The maximum atomic E-state index is 11.9. The lowest BCUT2D eigenvalue weighted by Gasteiger charge is -2.21. The summed E-state index contributed by atoms with van der Waals surface area (Å²) in [6.45, 7) is 14.2. The number of nitrogens with zero attached hydrogens (tertiary/aromatic N) is 2. The fourth-order valence-corrected chi connectivity index (χ4v) is 2.50. The van der Waals surface area contributed by atoms with Gasteiger partial charge in [0.25, 0.3) is 0 Å². The van der Waals surface area contributed by atoms with Crippen LogP contribution in [-0.2, 0) is 17.9 Å². The predicted octanol–water partition coefficient (Wildman–Crippen LogP) is 2.11. The predicted molar refractivity (Wildman–Crippen MR) is 109 cm³/mol. The first-order valence-corrected chi connectivity index (χ1v) is 9.33. The zero-order valence-electron chi connectivity index (χ0n) is 17.1. The Bertz CT molecular complexity index is 571. The quantitative estimate of drug-likeness (QED) is 0.490. The van der Waals surface area contributed by atoms with Gasteiger partial charge in [-0.2, -0.15) is 0 Å². The summed E-state index contributed by atoms with van der Waals surface area (Å²) in [6.07, 6.45) is 0. The highest BCUT2D eigenvalue weighted by Gasteiger charge is 2.13. The molecule has 0 atom stereocenters. The van der Waals surface area contributed by atoms with Gasteiger partial charge in [0.15, 0.2) is 5.96 Å². The van der Waals surface area contributed by atoms with Crippen LogP contribution < -0.4 is 16.0 Å². The van der Waals surface area contributed by atoms with Crippen LogP contribution in [0.1, 0.15) is 45.7 Å². The van der Waals surface area contributed by atoms with Gasteiger partial charge in [-0.05, 0) is 45.0 Å². The van der Waals surface area contributed by atoms with Crippen molar-refractivity contribution in [1.82, 2.24) is 20.9 Å². The lowest BCUT2D eigenvalue weighted by Crippen LogP contribution is -2.48. The number of amides is 1. The van der Waals surface area contributed by atoms with Crippen molar-refractivity contribution in [1.29, 1.82) is 0 Å². The van der Waals surface area contributed by atoms with Gasteiger partial charge in [-0.3, -0.25) is 14.7 Å². The van der Waals surface area contributed by atoms with E-state index in [1.54, 1.807) is 7.05 Å². The van der Waals surface area contributed by atoms with Crippen LogP contribution in [-0.4, -0.2) is 49.0 Å². The maximum Gasteiger partial charge on any atom is 0.239 e. The van der Waals surface area contributed by atoms with Crippen LogP contribution in [0.2, 0.25) is 0 Å². The van der Waals surface area contributed by atoms with E-state index < -0.39 is 0 Å². The average Bonchev–Trinajstić information content (AvgIpc) is 2.59. The number of hydrogen-bond donors (Lipinski definition) is 3. The van der Waals surface area contributed by atoms with Crippen molar-refractivity contribution in [2.24, 2.45) is 4.99 Å². The van der Waals surface area contributed by atoms with Gasteiger partial charge in [-0.25, -0.2) is 0 Å². The SMILES string of the molecule is CCN(CC)Cc1ccc(CNC(=NC)NCC(=O)NC(C)(C)C)cc1. The van der Waals surface area contributed by atoms with Crippen molar-refractivity contribution < 1.29 is 4.79 Å². The average molecular weight is 362 g/mol. The van der Waals surface area contributed by atoms with Gasteiger partial charge in [-0.15, -0.1) is 0 Å². The summed E-state index contributed by atoms with van der Waals surface area (Å²) < 4.78 is 0. The molecule has 0 aliphatic rings. The first-order valence-electron chi connectivity index (χ1n) is 9.33. The molecule has 1 aromatic rings. The van der Waals surface area contributed by atoms with E-state index in [9.17, 15) is 4.79 Å². The summed E-state index contributed by atoms with van der Waals surface area (Å²) >= 11 is 0. The lowest BCUT2D eigenvalue weighted by molar-refractivity contribution is -0.121. The van der Waals surface area contributed by atoms with Crippen LogP contribution in [0.15, 0.2) is 29.3 Å². The molecule has 6 nitrogen and oxygen atoms in total. The van der Waals surface area contributed by atoms with E-state index in [2.05, 4.69) is 64.0 Å². The van der Waals surface area contributed by atoms with Gasteiger partial charge in [0.2, 0.25) is 5.91 Å². The minimum absolute atomic E-state index is 0.0544. The smallest absolute Gasteiger partial charge is 0.239 e. The Hall–Kier alpha value is -2.08. The van der Waals surface area contributed by atoms with Gasteiger partial charge in [0, 0.05) is 25.7 Å². The van der Waals surface area contributed by atoms with Crippen molar-refractivity contribution in [2.45, 2.75) is 53.2 Å². The molecule has 3 N–H and O–H groups in total. The number of hydrogen-bond acceptors (Lipinski definition) is 3. The molecule has 1 rings (SSSR count). The van der Waals surface area contributed by atoms with Crippen molar-refractivity contribution in [3.05, 3.63) is 35.4 Å². The molecule has 6 heteroatoms. The van der Waals surface area contributed by atoms with Crippen molar-refractivity contribution in [3.8, 4) is 0 Å². The summed E-state index contributed by atoms with van der Waals surface area (Å²) in [6, 6.07) is 8.60. The largest absolute Gasteiger partial charge is 0.352 e. The highest BCUT2D eigenvalue weighted by molar-refractivity contribution is 5.86. The summed E-state index contributed by atoms with van der Waals surface area (Å²) in [4.78, 5) is 18.4. The molecule has 0 aromatic heterocycles. The van der Waals surface area contributed by atoms with Gasteiger partial charge < -0.3 is 16.0 Å². The van der Waals surface area contributed by atoms with E-state index in [0.717, 1.165) is 19.6 Å². The fourth-order valence-electron chi connectivity index (χ4n) is 2.50. The Kier molecular flexibility index (Phi) is 9.13. The van der Waals surface area contributed by atoms with Gasteiger partial charge >= 0.3 is 0 Å². The molecule has 26 heavy (non-hydrogen) atoms. The molecular weight excluding hydrogens is 326 g/mol. The normalized spacial score (nSPS) is 12.2. The first kappa shape index (κ1) is 22.0. The summed E-state index contributed by atoms with van der Waals surface area (Å²) in [5, 5.41) is 9.19. The van der Waals surface area contributed by atoms with Crippen LogP contribution in [0.4, 0.5) is 0 Å². The maximum absolute atomic E-state index is 11.9. The number of nitrogens with one attached hydrogen (secondary N) is 3. The molecule has 0 saturated carbocycles. The zero-order chi connectivity index (χ0) is 19.6. The Morgan fingerprint density at radius 1 is 1.04 bits per heavy atom. The lowest BCUT2D eigenvalue weighted by atomic mass is 10.1. The molecular formula is C20H35N5O. The minimum atomic E-state index is -0.234. The number of aliphatic imine (C=N–C) groups is 1. The summed E-state index contributed by atoms with van der Waals surface area (Å²) in [5.74, 6) is 0.558. The molecule has 0 fully saturated rings. The van der Waals surface area contributed by atoms with Gasteiger partial charge in [-0.1, -0.05) is 38.1 Å². The second-order valence-electron chi connectivity index (χ2n) is 7.36. The zero-order valence-corrected chi connectivity index (χ0v) is 17.1. The minimum Gasteiger partial charge on any atom is -0.352 e. The van der Waals surface area contributed by atoms with E-state index in [-0.39, 0.29) is 18.0 Å². The molecule has 146 valence electrons. The van der Waals surface area contributed by atoms with Crippen LogP contribution in [0.25, 0.3) is 0 Å². The third-order valence-electron chi connectivity index (χ3n) is 3.94. The van der Waals surface area contributed by atoms with Gasteiger partial charge in [0.1, 0.15) is 0 Å². The van der Waals surface area contributed by atoms with E-state index in [1.165, 1.54) is 11.1 Å². The summed E-state index contributed by atoms with van der Waals surface area (Å²) in [7, 11) is 1.70. The molecule has 0 saturated heterocycles. The molecule has 0 heterocycles. The monoisotopic (exact) mass is 361 g/mol. The van der Waals surface area contributed by atoms with E-state index in [4.69, 9.17) is 0 Å². The van der Waals surface area contributed by atoms with Crippen LogP contribution in [0, 0.1) is 0 Å². The molecule has 0 radical (unpaired) electrons. The Balaban J connectivity index is 2.45. The summed E-state index contributed by atoms with van der Waals surface area (Å²) in [5.41, 5.74) is 2.26. The van der Waals surface area contributed by atoms with Crippen LogP contribution in [0.3, 0.4) is 0 Å². The standard InChI is InChI=1S/C20H35N5O/c1-7-25(8-2)15-17-11-9-16(10-12-17)13-22-19(21-6)23-14-18(26)24-20(3,4)5/h9-12H,7-8,13-15H2,1-6H3,(H,24,26)(H2,21,22,23). The topological polar surface area (TPSA) is 68.8 Å². The number of carbonyl (C=O) groups excluding carboxylic acids is 1. The van der Waals surface area contributed by atoms with Crippen molar-refractivity contribution in [3.63, 3.8) is 0 Å². The third-order valence-corrected chi connectivity index (χ3v) is 3.94. The van der Waals surface area contributed by atoms with Crippen molar-refractivity contribution in [2.75, 3.05) is 26.7 Å². The molecule has 0 aliphatic carbocycles. The number of carbonyl (C=O) groups is 1. The van der Waals surface area contributed by atoms with E-state index in [0.29, 0.717) is 12.5 Å². The van der Waals surface area contributed by atoms with Crippen molar-refractivity contribution >= 4 is 11.9 Å². The third kappa shape index (κ3) is 8.85. The Morgan fingerprint density at radius 2 is 1.62 bits per heavy atom. The fraction of sp³-hybridized carbons (Fsp3) is 0.600. The molecule has 0 unspecified atom stereocenters. The van der Waals surface area contributed by atoms with Crippen LogP contribution >= 0.6 is 0 Å². The van der Waals surface area contributed by atoms with Gasteiger partial charge in [0.05, 0.1) is 6.54 Å². The molecule has 0 aliphatic heterocycles. The van der Waals surface area contributed by atoms with E-state index in [1.807, 2.05) is 20.8 Å². The molecule has 0 bridgehead atoms. The Labute approximate surface area is 158 Å². The molecule has 1 amide bonds. The number of benzene rings is 1. The van der Waals surface area contributed by atoms with E-state index >= 15 is 0 Å². The Morgan fingerprint density at radius 3 is 2.12 bits per heavy atom. The first-order chi connectivity index (χ1) is 12.3. The molecule has 0 spiro atoms. The molecule has 1 aromatic carbocycles.